The molecule has 73 valence electrons. The average molecular weight is 195 g/mol. The fraction of sp³-hybridized carbons (Fsp3) is 0.667. The third kappa shape index (κ3) is 2.68. The molecule has 13 heavy (non-hydrogen) atoms. The van der Waals surface area contributed by atoms with Gasteiger partial charge in [-0.3, -0.25) is 0 Å². The fourth-order valence-electron chi connectivity index (χ4n) is 1.20. The lowest BCUT2D eigenvalue weighted by Gasteiger charge is -2.23. The summed E-state index contributed by atoms with van der Waals surface area (Å²) in [6.07, 6.45) is 4.59. The van der Waals surface area contributed by atoms with Gasteiger partial charge in [-0.1, -0.05) is 61.9 Å². The molecule has 0 aromatic heterocycles. The van der Waals surface area contributed by atoms with E-state index in [4.69, 9.17) is 0 Å². The van der Waals surface area contributed by atoms with E-state index in [1.807, 2.05) is 0 Å². The molecule has 1 radical (unpaired) electrons. The first-order valence-electron chi connectivity index (χ1n) is 4.86. The zero-order valence-corrected chi connectivity index (χ0v) is 10.5. The summed E-state index contributed by atoms with van der Waals surface area (Å²) < 4.78 is 0. The van der Waals surface area contributed by atoms with Crippen LogP contribution >= 0.6 is 8.20 Å². The van der Waals surface area contributed by atoms with E-state index in [0.29, 0.717) is 10.8 Å². The van der Waals surface area contributed by atoms with Gasteiger partial charge in [-0.15, -0.1) is 0 Å². The van der Waals surface area contributed by atoms with Gasteiger partial charge >= 0.3 is 0 Å². The first-order valence-corrected chi connectivity index (χ1v) is 5.75. The van der Waals surface area contributed by atoms with Crippen LogP contribution in [0.5, 0.6) is 0 Å². The number of hydrogen-bond donors (Lipinski definition) is 0. The van der Waals surface area contributed by atoms with Crippen LogP contribution in [0, 0.1) is 16.5 Å². The molecule has 0 aliphatic carbocycles. The molecule has 0 unspecified atom stereocenters. The van der Waals surface area contributed by atoms with E-state index in [-0.39, 0.29) is 0 Å². The van der Waals surface area contributed by atoms with Gasteiger partial charge in [0.25, 0.3) is 0 Å². The van der Waals surface area contributed by atoms with Gasteiger partial charge < -0.3 is 0 Å². The van der Waals surface area contributed by atoms with Gasteiger partial charge in [0.2, 0.25) is 0 Å². The van der Waals surface area contributed by atoms with Crippen molar-refractivity contribution in [3.63, 3.8) is 0 Å². The molecule has 1 aliphatic heterocycles. The standard InChI is InChI=1S/C12H20P/c1-11(2,3)9-7-8-10(13-9)12(4,5)6/h7-8H,1-6H3. The molecule has 0 aromatic rings. The Balaban J connectivity index is 2.84. The van der Waals surface area contributed by atoms with Gasteiger partial charge in [0.05, 0.1) is 5.66 Å². The minimum atomic E-state index is 0.324. The van der Waals surface area contributed by atoms with Crippen LogP contribution in [0.1, 0.15) is 41.5 Å². The Labute approximate surface area is 84.2 Å². The summed E-state index contributed by atoms with van der Waals surface area (Å²) in [4.78, 5) is 0. The first-order chi connectivity index (χ1) is 5.71. The summed E-state index contributed by atoms with van der Waals surface area (Å²) in [6, 6.07) is 0. The van der Waals surface area contributed by atoms with Crippen LogP contribution in [-0.4, -0.2) is 5.29 Å². The van der Waals surface area contributed by atoms with E-state index in [1.54, 1.807) is 0 Å². The highest BCUT2D eigenvalue weighted by Crippen LogP contribution is 2.44. The fourth-order valence-corrected chi connectivity index (χ4v) is 2.43. The van der Waals surface area contributed by atoms with Gasteiger partial charge in [-0.25, -0.2) is 0 Å². The number of allylic oxidation sites excluding steroid dienone is 2. The van der Waals surface area contributed by atoms with Crippen LogP contribution in [-0.2, 0) is 0 Å². The maximum Gasteiger partial charge on any atom is 0.0527 e. The average Bonchev–Trinajstić information content (AvgIpc) is 2.28. The molecule has 1 heterocycles. The molecule has 0 aromatic carbocycles. The van der Waals surface area contributed by atoms with Crippen molar-refractivity contribution in [1.29, 1.82) is 0 Å². The van der Waals surface area contributed by atoms with E-state index in [9.17, 15) is 0 Å². The number of hydrogen-bond acceptors (Lipinski definition) is 0. The largest absolute Gasteiger partial charge is 0.0871 e. The minimum absolute atomic E-state index is 0.324. The molecule has 0 spiro atoms. The molecule has 1 rings (SSSR count). The lowest BCUT2D eigenvalue weighted by atomic mass is 9.89. The van der Waals surface area contributed by atoms with Crippen LogP contribution in [0.25, 0.3) is 0 Å². The zero-order valence-electron chi connectivity index (χ0n) is 9.60. The van der Waals surface area contributed by atoms with E-state index in [0.717, 1.165) is 0 Å². The van der Waals surface area contributed by atoms with Gasteiger partial charge in [0.1, 0.15) is 0 Å². The quantitative estimate of drug-likeness (QED) is 0.505. The highest BCUT2D eigenvalue weighted by atomic mass is 31.1. The van der Waals surface area contributed by atoms with Gasteiger partial charge in [-0.05, 0) is 16.1 Å². The van der Waals surface area contributed by atoms with Crippen molar-refractivity contribution in [2.24, 2.45) is 10.8 Å². The van der Waals surface area contributed by atoms with Gasteiger partial charge in [0, 0.05) is 0 Å². The highest BCUT2D eigenvalue weighted by Gasteiger charge is 2.28. The molecule has 0 saturated carbocycles. The van der Waals surface area contributed by atoms with Crippen molar-refractivity contribution in [1.82, 2.24) is 0 Å². The van der Waals surface area contributed by atoms with Gasteiger partial charge in [0.15, 0.2) is 0 Å². The lowest BCUT2D eigenvalue weighted by molar-refractivity contribution is 0.495. The van der Waals surface area contributed by atoms with Crippen LogP contribution in [0.15, 0.2) is 12.2 Å². The van der Waals surface area contributed by atoms with E-state index < -0.39 is 0 Å². The second-order valence-corrected chi connectivity index (χ2v) is 6.90. The van der Waals surface area contributed by atoms with Crippen molar-refractivity contribution in [2.75, 3.05) is 0 Å². The molecular weight excluding hydrogens is 175 g/mol. The summed E-state index contributed by atoms with van der Waals surface area (Å²) in [5.74, 6) is 0. The van der Waals surface area contributed by atoms with Gasteiger partial charge in [-0.2, -0.15) is 0 Å². The Morgan fingerprint density at radius 1 is 0.846 bits per heavy atom. The SMILES string of the molecule is CC(C)(C)[C]1C=CC(C(C)(C)C)=P1. The van der Waals surface area contributed by atoms with Crippen LogP contribution < -0.4 is 0 Å². The summed E-state index contributed by atoms with van der Waals surface area (Å²) in [7, 11) is 1.43. The molecule has 0 atom stereocenters. The van der Waals surface area contributed by atoms with Crippen LogP contribution in [0.2, 0.25) is 0 Å². The summed E-state index contributed by atoms with van der Waals surface area (Å²) in [5, 5.41) is 1.54. The smallest absolute Gasteiger partial charge is 0.0527 e. The Bertz CT molecular complexity index is 245. The number of rotatable bonds is 0. The Morgan fingerprint density at radius 3 is 1.62 bits per heavy atom. The molecule has 0 N–H and O–H groups in total. The zero-order chi connectivity index (χ0) is 10.3. The van der Waals surface area contributed by atoms with E-state index in [2.05, 4.69) is 53.7 Å². The predicted octanol–water partition coefficient (Wildman–Crippen LogP) is 4.30. The summed E-state index contributed by atoms with van der Waals surface area (Å²) >= 11 is 0. The Hall–Kier alpha value is -0.0900. The Morgan fingerprint density at radius 2 is 1.38 bits per heavy atom. The van der Waals surface area contributed by atoms with E-state index >= 15 is 0 Å². The van der Waals surface area contributed by atoms with E-state index in [1.165, 1.54) is 19.2 Å². The first kappa shape index (κ1) is 11.0. The maximum absolute atomic E-state index is 2.29. The molecule has 0 saturated heterocycles. The second kappa shape index (κ2) is 3.24. The minimum Gasteiger partial charge on any atom is -0.0871 e. The topological polar surface area (TPSA) is 0 Å². The van der Waals surface area contributed by atoms with Crippen LogP contribution in [0.4, 0.5) is 0 Å². The maximum atomic E-state index is 2.29. The molecular formula is C12H20P. The summed E-state index contributed by atoms with van der Waals surface area (Å²) in [6.45, 7) is 13.7. The molecule has 0 fully saturated rings. The third-order valence-electron chi connectivity index (χ3n) is 2.18. The molecule has 0 amide bonds. The monoisotopic (exact) mass is 195 g/mol. The Kier molecular flexibility index (Phi) is 2.74. The predicted molar refractivity (Wildman–Crippen MR) is 63.2 cm³/mol. The third-order valence-corrected chi connectivity index (χ3v) is 4.30. The summed E-state index contributed by atoms with van der Waals surface area (Å²) in [5.41, 5.74) is 2.19. The van der Waals surface area contributed by atoms with Crippen molar-refractivity contribution < 1.29 is 0 Å². The van der Waals surface area contributed by atoms with Crippen molar-refractivity contribution in [3.05, 3.63) is 17.8 Å². The van der Waals surface area contributed by atoms with Crippen LogP contribution in [0.3, 0.4) is 0 Å². The van der Waals surface area contributed by atoms with Crippen molar-refractivity contribution in [3.8, 4) is 0 Å². The molecule has 0 bridgehead atoms. The highest BCUT2D eigenvalue weighted by molar-refractivity contribution is 7.45. The van der Waals surface area contributed by atoms with Crippen molar-refractivity contribution >= 4 is 13.5 Å². The molecule has 1 aliphatic rings. The molecule has 0 nitrogen and oxygen atoms in total. The normalized spacial score (nSPS) is 20.6. The second-order valence-electron chi connectivity index (χ2n) is 5.72. The lowest BCUT2D eigenvalue weighted by Crippen LogP contribution is -2.15. The van der Waals surface area contributed by atoms with Crippen molar-refractivity contribution in [2.45, 2.75) is 41.5 Å². The molecule has 1 heteroatoms.